The van der Waals surface area contributed by atoms with Gasteiger partial charge in [-0.1, -0.05) is 6.58 Å². The third-order valence-corrected chi connectivity index (χ3v) is 3.37. The fraction of sp³-hybridized carbons (Fsp3) is 0.308. The summed E-state index contributed by atoms with van der Waals surface area (Å²) in [5.74, 6) is 0.558. The van der Waals surface area contributed by atoms with Crippen molar-refractivity contribution < 1.29 is 9.90 Å². The van der Waals surface area contributed by atoms with E-state index in [1.807, 2.05) is 6.07 Å². The number of anilines is 1. The van der Waals surface area contributed by atoms with Crippen molar-refractivity contribution in [2.75, 3.05) is 24.5 Å². The van der Waals surface area contributed by atoms with E-state index < -0.39 is 6.23 Å². The molecule has 1 atom stereocenters. The van der Waals surface area contributed by atoms with Gasteiger partial charge in [0.2, 0.25) is 5.91 Å². The number of rotatable bonds is 3. The molecule has 1 aliphatic heterocycles. The molecule has 7 nitrogen and oxygen atoms in total. The van der Waals surface area contributed by atoms with Gasteiger partial charge in [0.05, 0.1) is 12.7 Å². The summed E-state index contributed by atoms with van der Waals surface area (Å²) in [5.41, 5.74) is 0.698. The Kier molecular flexibility index (Phi) is 3.21. The Morgan fingerprint density at radius 2 is 2.30 bits per heavy atom. The van der Waals surface area contributed by atoms with Crippen LogP contribution in [0.15, 0.2) is 37.2 Å². The van der Waals surface area contributed by atoms with Crippen LogP contribution in [-0.4, -0.2) is 56.4 Å². The van der Waals surface area contributed by atoms with Crippen molar-refractivity contribution in [2.45, 2.75) is 6.23 Å². The quantitative estimate of drug-likeness (QED) is 0.789. The number of amides is 1. The molecule has 0 spiro atoms. The fourth-order valence-electron chi connectivity index (χ4n) is 2.31. The van der Waals surface area contributed by atoms with Gasteiger partial charge in [-0.25, -0.2) is 4.98 Å². The molecule has 3 heterocycles. The van der Waals surface area contributed by atoms with Crippen molar-refractivity contribution in [1.29, 1.82) is 0 Å². The first kappa shape index (κ1) is 12.8. The molecule has 1 saturated heterocycles. The number of aliphatic hydroxyl groups excluding tert-OH is 1. The lowest BCUT2D eigenvalue weighted by Crippen LogP contribution is -2.53. The molecular formula is C13H15N5O2. The van der Waals surface area contributed by atoms with E-state index in [2.05, 4.69) is 16.7 Å². The highest BCUT2D eigenvalue weighted by Crippen LogP contribution is 2.18. The molecule has 2 aromatic heterocycles. The molecule has 2 aromatic rings. The normalized spacial score (nSPS) is 18.4. The van der Waals surface area contributed by atoms with Crippen LogP contribution < -0.4 is 4.90 Å². The first-order valence-corrected chi connectivity index (χ1v) is 6.34. The molecule has 0 radical (unpaired) electrons. The smallest absolute Gasteiger partial charge is 0.242 e. The summed E-state index contributed by atoms with van der Waals surface area (Å²) < 4.78 is 1.64. The third kappa shape index (κ3) is 2.06. The Labute approximate surface area is 115 Å². The summed E-state index contributed by atoms with van der Waals surface area (Å²) in [6.45, 7) is 4.72. The lowest BCUT2D eigenvalue weighted by molar-refractivity contribution is -0.124. The summed E-state index contributed by atoms with van der Waals surface area (Å²) in [4.78, 5) is 19.8. The maximum absolute atomic E-state index is 12.2. The predicted octanol–water partition coefficient (Wildman–Crippen LogP) is -0.118. The van der Waals surface area contributed by atoms with Crippen LogP contribution in [0.25, 0.3) is 5.65 Å². The zero-order valence-corrected chi connectivity index (χ0v) is 10.9. The number of carbonyl (C=O) groups is 1. The number of aliphatic hydroxyl groups is 1. The number of fused-ring (bicyclic) bond motifs is 1. The van der Waals surface area contributed by atoms with Gasteiger partial charge in [0.25, 0.3) is 0 Å². The van der Waals surface area contributed by atoms with Gasteiger partial charge in [0, 0.05) is 19.3 Å². The zero-order valence-electron chi connectivity index (χ0n) is 10.9. The standard InChI is InChI=1S/C13H15N5O2/c1-2-12(19)16-6-7-17(13(20)9-16)11-8-14-10-4-3-5-15-18(10)11/h2-5,8,12,19H,1,6-7,9H2. The number of hydrogen-bond acceptors (Lipinski definition) is 5. The lowest BCUT2D eigenvalue weighted by atomic mass is 10.3. The van der Waals surface area contributed by atoms with Crippen molar-refractivity contribution in [2.24, 2.45) is 0 Å². The summed E-state index contributed by atoms with van der Waals surface area (Å²) >= 11 is 0. The molecule has 1 fully saturated rings. The van der Waals surface area contributed by atoms with Gasteiger partial charge in [-0.05, 0) is 18.2 Å². The van der Waals surface area contributed by atoms with Crippen LogP contribution in [0.5, 0.6) is 0 Å². The van der Waals surface area contributed by atoms with Gasteiger partial charge >= 0.3 is 0 Å². The van der Waals surface area contributed by atoms with Crippen molar-refractivity contribution in [3.8, 4) is 0 Å². The van der Waals surface area contributed by atoms with Gasteiger partial charge in [0.1, 0.15) is 6.23 Å². The molecule has 1 aliphatic rings. The molecule has 7 heteroatoms. The second-order valence-corrected chi connectivity index (χ2v) is 4.58. The van der Waals surface area contributed by atoms with Crippen LogP contribution in [0.3, 0.4) is 0 Å². The molecule has 0 bridgehead atoms. The number of nitrogens with zero attached hydrogens (tertiary/aromatic N) is 5. The largest absolute Gasteiger partial charge is 0.375 e. The summed E-state index contributed by atoms with van der Waals surface area (Å²) in [7, 11) is 0. The predicted molar refractivity (Wildman–Crippen MR) is 73.1 cm³/mol. The van der Waals surface area contributed by atoms with Crippen LogP contribution in [0.2, 0.25) is 0 Å². The van der Waals surface area contributed by atoms with Gasteiger partial charge < -0.3 is 5.11 Å². The summed E-state index contributed by atoms with van der Waals surface area (Å²) in [5, 5.41) is 13.9. The third-order valence-electron chi connectivity index (χ3n) is 3.37. The molecule has 0 aliphatic carbocycles. The minimum absolute atomic E-state index is 0.0930. The Balaban J connectivity index is 1.86. The van der Waals surface area contributed by atoms with E-state index in [0.717, 1.165) is 0 Å². The van der Waals surface area contributed by atoms with Gasteiger partial charge in [-0.15, -0.1) is 0 Å². The van der Waals surface area contributed by atoms with E-state index in [0.29, 0.717) is 24.6 Å². The van der Waals surface area contributed by atoms with E-state index >= 15 is 0 Å². The SMILES string of the molecule is C=CC(O)N1CCN(c2cnc3cccnn23)C(=O)C1. The molecule has 0 saturated carbocycles. The van der Waals surface area contributed by atoms with Crippen LogP contribution in [0, 0.1) is 0 Å². The molecule has 1 N–H and O–H groups in total. The number of carbonyl (C=O) groups excluding carboxylic acids is 1. The Morgan fingerprint density at radius 1 is 1.45 bits per heavy atom. The average Bonchev–Trinajstić information content (AvgIpc) is 2.90. The zero-order chi connectivity index (χ0) is 14.1. The number of imidazole rings is 1. The van der Waals surface area contributed by atoms with Crippen molar-refractivity contribution >= 4 is 17.4 Å². The topological polar surface area (TPSA) is 74.0 Å². The first-order valence-electron chi connectivity index (χ1n) is 6.34. The lowest BCUT2D eigenvalue weighted by Gasteiger charge is -2.35. The molecule has 1 amide bonds. The highest BCUT2D eigenvalue weighted by atomic mass is 16.3. The van der Waals surface area contributed by atoms with Gasteiger partial charge in [-0.2, -0.15) is 9.61 Å². The molecule has 3 rings (SSSR count). The highest BCUT2D eigenvalue weighted by Gasteiger charge is 2.29. The molecule has 20 heavy (non-hydrogen) atoms. The van der Waals surface area contributed by atoms with Crippen LogP contribution in [-0.2, 0) is 4.79 Å². The summed E-state index contributed by atoms with van der Waals surface area (Å²) in [6.07, 6.45) is 3.92. The van der Waals surface area contributed by atoms with Crippen molar-refractivity contribution in [1.82, 2.24) is 19.5 Å². The maximum Gasteiger partial charge on any atom is 0.242 e. The van der Waals surface area contributed by atoms with Crippen molar-refractivity contribution in [3.05, 3.63) is 37.2 Å². The van der Waals surface area contributed by atoms with Crippen LogP contribution in [0.4, 0.5) is 5.82 Å². The minimum Gasteiger partial charge on any atom is -0.375 e. The Bertz CT molecular complexity index is 653. The van der Waals surface area contributed by atoms with E-state index in [1.54, 1.807) is 32.8 Å². The molecule has 0 aromatic carbocycles. The van der Waals surface area contributed by atoms with Crippen LogP contribution in [0.1, 0.15) is 0 Å². The first-order chi connectivity index (χ1) is 9.70. The van der Waals surface area contributed by atoms with E-state index in [4.69, 9.17) is 0 Å². The summed E-state index contributed by atoms with van der Waals surface area (Å²) in [6, 6.07) is 3.63. The number of aromatic nitrogens is 3. The van der Waals surface area contributed by atoms with Gasteiger partial charge in [0.15, 0.2) is 11.5 Å². The molecule has 1 unspecified atom stereocenters. The van der Waals surface area contributed by atoms with Crippen LogP contribution >= 0.6 is 0 Å². The number of piperazine rings is 1. The van der Waals surface area contributed by atoms with Gasteiger partial charge in [-0.3, -0.25) is 14.6 Å². The average molecular weight is 273 g/mol. The second kappa shape index (κ2) is 5.03. The highest BCUT2D eigenvalue weighted by molar-refractivity contribution is 5.95. The van der Waals surface area contributed by atoms with E-state index in [-0.39, 0.29) is 12.5 Å². The molecular weight excluding hydrogens is 258 g/mol. The Morgan fingerprint density at radius 3 is 3.05 bits per heavy atom. The second-order valence-electron chi connectivity index (χ2n) is 4.58. The fourth-order valence-corrected chi connectivity index (χ4v) is 2.31. The van der Waals surface area contributed by atoms with Crippen molar-refractivity contribution in [3.63, 3.8) is 0 Å². The maximum atomic E-state index is 12.2. The molecule has 104 valence electrons. The van der Waals surface area contributed by atoms with E-state index in [1.165, 1.54) is 6.08 Å². The number of hydrogen-bond donors (Lipinski definition) is 1. The minimum atomic E-state index is -0.790. The Hall–Kier alpha value is -2.25. The monoisotopic (exact) mass is 273 g/mol. The van der Waals surface area contributed by atoms with E-state index in [9.17, 15) is 9.90 Å².